The normalized spacial score (nSPS) is 22.3. The van der Waals surface area contributed by atoms with E-state index < -0.39 is 10.0 Å². The second kappa shape index (κ2) is 6.55. The lowest BCUT2D eigenvalue weighted by molar-refractivity contribution is -0.133. The van der Waals surface area contributed by atoms with Gasteiger partial charge >= 0.3 is 0 Å². The second-order valence-corrected chi connectivity index (χ2v) is 8.79. The van der Waals surface area contributed by atoms with Gasteiger partial charge in [0.25, 0.3) is 6.01 Å². The minimum Gasteiger partial charge on any atom is -0.423 e. The van der Waals surface area contributed by atoms with Crippen LogP contribution in [-0.2, 0) is 14.8 Å². The summed E-state index contributed by atoms with van der Waals surface area (Å²) < 4.78 is 30.5. The molecule has 0 unspecified atom stereocenters. The van der Waals surface area contributed by atoms with Gasteiger partial charge in [-0.3, -0.25) is 4.79 Å². The smallest absolute Gasteiger partial charge is 0.299 e. The van der Waals surface area contributed by atoms with Gasteiger partial charge in [0.15, 0.2) is 5.58 Å². The fourth-order valence-corrected chi connectivity index (χ4v) is 4.51. The van der Waals surface area contributed by atoms with Gasteiger partial charge in [-0.05, 0) is 25.0 Å². The molecular formula is C17H22N4O4S. The zero-order valence-corrected chi connectivity index (χ0v) is 15.5. The van der Waals surface area contributed by atoms with E-state index in [1.807, 2.05) is 29.2 Å². The number of oxazole rings is 1. The van der Waals surface area contributed by atoms with Crippen LogP contribution in [0.5, 0.6) is 0 Å². The first-order chi connectivity index (χ1) is 12.4. The van der Waals surface area contributed by atoms with Crippen molar-refractivity contribution in [3.63, 3.8) is 0 Å². The lowest BCUT2D eigenvalue weighted by atomic mass is 10.2. The van der Waals surface area contributed by atoms with E-state index >= 15 is 0 Å². The number of para-hydroxylation sites is 2. The number of benzene rings is 1. The Morgan fingerprint density at radius 1 is 1.15 bits per heavy atom. The molecule has 0 radical (unpaired) electrons. The summed E-state index contributed by atoms with van der Waals surface area (Å²) in [5.41, 5.74) is 1.49. The minimum atomic E-state index is -3.20. The first-order valence-electron chi connectivity index (χ1n) is 8.79. The quantitative estimate of drug-likeness (QED) is 0.789. The van der Waals surface area contributed by atoms with Gasteiger partial charge in [0.1, 0.15) is 11.6 Å². The topological polar surface area (TPSA) is 87.0 Å². The number of carbonyl (C=O) groups excluding carboxylic acids is 1. The Kier molecular flexibility index (Phi) is 4.36. The largest absolute Gasteiger partial charge is 0.423 e. The van der Waals surface area contributed by atoms with Crippen molar-refractivity contribution in [3.05, 3.63) is 24.3 Å². The highest BCUT2D eigenvalue weighted by atomic mass is 32.2. The predicted octanol–water partition coefficient (Wildman–Crippen LogP) is 0.900. The highest BCUT2D eigenvalue weighted by molar-refractivity contribution is 7.88. The maximum absolute atomic E-state index is 13.0. The van der Waals surface area contributed by atoms with Gasteiger partial charge in [0.2, 0.25) is 15.9 Å². The van der Waals surface area contributed by atoms with Crippen molar-refractivity contribution in [3.8, 4) is 0 Å². The number of nitrogens with zero attached hydrogens (tertiary/aromatic N) is 4. The Balaban J connectivity index is 1.49. The van der Waals surface area contributed by atoms with Crippen molar-refractivity contribution in [2.45, 2.75) is 18.9 Å². The monoisotopic (exact) mass is 378 g/mol. The molecule has 0 aliphatic carbocycles. The molecule has 26 heavy (non-hydrogen) atoms. The van der Waals surface area contributed by atoms with E-state index in [9.17, 15) is 13.2 Å². The van der Waals surface area contributed by atoms with E-state index in [2.05, 4.69) is 4.98 Å². The molecule has 2 fully saturated rings. The minimum absolute atomic E-state index is 0.0258. The first-order valence-corrected chi connectivity index (χ1v) is 10.6. The molecule has 0 spiro atoms. The Morgan fingerprint density at radius 3 is 2.58 bits per heavy atom. The lowest BCUT2D eigenvalue weighted by Crippen LogP contribution is -2.54. The molecule has 9 heteroatoms. The number of amides is 1. The van der Waals surface area contributed by atoms with Crippen molar-refractivity contribution < 1.29 is 17.6 Å². The number of hydrogen-bond donors (Lipinski definition) is 0. The average molecular weight is 378 g/mol. The molecule has 2 aliphatic heterocycles. The highest BCUT2D eigenvalue weighted by Crippen LogP contribution is 2.29. The molecule has 1 aromatic heterocycles. The third kappa shape index (κ3) is 3.16. The number of fused-ring (bicyclic) bond motifs is 1. The number of aromatic nitrogens is 1. The Bertz CT molecular complexity index is 885. The third-order valence-electron chi connectivity index (χ3n) is 5.09. The van der Waals surface area contributed by atoms with Gasteiger partial charge < -0.3 is 14.2 Å². The molecule has 3 heterocycles. The SMILES string of the molecule is CS(=O)(=O)N1CCN(C(=O)[C@@H]2CCCN2c2nc3ccccc3o2)CC1. The fourth-order valence-electron chi connectivity index (χ4n) is 3.69. The summed E-state index contributed by atoms with van der Waals surface area (Å²) in [4.78, 5) is 21.2. The Hall–Kier alpha value is -2.13. The van der Waals surface area contributed by atoms with E-state index in [-0.39, 0.29) is 11.9 Å². The molecule has 0 saturated carbocycles. The average Bonchev–Trinajstić information content (AvgIpc) is 3.26. The first kappa shape index (κ1) is 17.3. The number of sulfonamides is 1. The molecule has 1 amide bonds. The second-order valence-electron chi connectivity index (χ2n) is 6.80. The molecule has 2 aliphatic rings. The third-order valence-corrected chi connectivity index (χ3v) is 6.39. The lowest BCUT2D eigenvalue weighted by Gasteiger charge is -2.36. The van der Waals surface area contributed by atoms with Crippen molar-refractivity contribution in [1.82, 2.24) is 14.2 Å². The maximum Gasteiger partial charge on any atom is 0.299 e. The number of carbonyl (C=O) groups is 1. The van der Waals surface area contributed by atoms with Gasteiger partial charge in [-0.15, -0.1) is 0 Å². The zero-order valence-electron chi connectivity index (χ0n) is 14.7. The maximum atomic E-state index is 13.0. The van der Waals surface area contributed by atoms with Crippen molar-refractivity contribution in [1.29, 1.82) is 0 Å². The Morgan fingerprint density at radius 2 is 1.88 bits per heavy atom. The van der Waals surface area contributed by atoms with Gasteiger partial charge in [0.05, 0.1) is 6.26 Å². The van der Waals surface area contributed by atoms with E-state index in [1.54, 1.807) is 4.90 Å². The van der Waals surface area contributed by atoms with Gasteiger partial charge in [-0.2, -0.15) is 9.29 Å². The van der Waals surface area contributed by atoms with Crippen LogP contribution in [0.15, 0.2) is 28.7 Å². The predicted molar refractivity (Wildman–Crippen MR) is 97.4 cm³/mol. The van der Waals surface area contributed by atoms with E-state index in [4.69, 9.17) is 4.42 Å². The van der Waals surface area contributed by atoms with Crippen LogP contribution in [0.1, 0.15) is 12.8 Å². The van der Waals surface area contributed by atoms with Crippen LogP contribution in [-0.4, -0.2) is 73.5 Å². The summed E-state index contributed by atoms with van der Waals surface area (Å²) in [6.07, 6.45) is 2.86. The van der Waals surface area contributed by atoms with E-state index in [1.165, 1.54) is 10.6 Å². The van der Waals surface area contributed by atoms with Crippen LogP contribution in [0.4, 0.5) is 6.01 Å². The molecule has 8 nitrogen and oxygen atoms in total. The number of piperazine rings is 1. The summed E-state index contributed by atoms with van der Waals surface area (Å²) in [5, 5.41) is 0. The van der Waals surface area contributed by atoms with Crippen LogP contribution in [0, 0.1) is 0 Å². The van der Waals surface area contributed by atoms with Crippen molar-refractivity contribution in [2.75, 3.05) is 43.9 Å². The summed E-state index contributed by atoms with van der Waals surface area (Å²) in [7, 11) is -3.20. The van der Waals surface area contributed by atoms with Crippen LogP contribution in [0.2, 0.25) is 0 Å². The number of anilines is 1. The molecule has 1 aromatic carbocycles. The highest BCUT2D eigenvalue weighted by Gasteiger charge is 2.37. The molecule has 2 aromatic rings. The fraction of sp³-hybridized carbons (Fsp3) is 0.529. The zero-order chi connectivity index (χ0) is 18.3. The van der Waals surface area contributed by atoms with Crippen LogP contribution in [0.3, 0.4) is 0 Å². The molecule has 140 valence electrons. The molecule has 4 rings (SSSR count). The van der Waals surface area contributed by atoms with Crippen molar-refractivity contribution in [2.24, 2.45) is 0 Å². The molecule has 1 atom stereocenters. The van der Waals surface area contributed by atoms with Crippen LogP contribution >= 0.6 is 0 Å². The van der Waals surface area contributed by atoms with Gasteiger partial charge in [-0.25, -0.2) is 8.42 Å². The van der Waals surface area contributed by atoms with Crippen LogP contribution < -0.4 is 4.90 Å². The summed E-state index contributed by atoms with van der Waals surface area (Å²) in [6, 6.07) is 7.74. The standard InChI is InChI=1S/C17H22N4O4S/c1-26(23,24)20-11-9-19(10-12-20)16(22)14-6-4-8-21(14)17-18-13-5-2-3-7-15(13)25-17/h2-3,5,7,14H,4,6,8-12H2,1H3/t14-/m0/s1. The summed E-state index contributed by atoms with van der Waals surface area (Å²) in [6.45, 7) is 2.26. The molecular weight excluding hydrogens is 356 g/mol. The van der Waals surface area contributed by atoms with E-state index in [0.29, 0.717) is 37.8 Å². The van der Waals surface area contributed by atoms with Crippen LogP contribution in [0.25, 0.3) is 11.1 Å². The van der Waals surface area contributed by atoms with Gasteiger partial charge in [-0.1, -0.05) is 12.1 Å². The van der Waals surface area contributed by atoms with Gasteiger partial charge in [0, 0.05) is 32.7 Å². The van der Waals surface area contributed by atoms with Crippen molar-refractivity contribution >= 4 is 33.0 Å². The molecule has 2 saturated heterocycles. The molecule has 0 N–H and O–H groups in total. The number of rotatable bonds is 3. The summed E-state index contributed by atoms with van der Waals surface area (Å²) >= 11 is 0. The molecule has 0 bridgehead atoms. The number of hydrogen-bond acceptors (Lipinski definition) is 6. The van der Waals surface area contributed by atoms with E-state index in [0.717, 1.165) is 24.9 Å². The summed E-state index contributed by atoms with van der Waals surface area (Å²) in [5.74, 6) is 0.0258. The Labute approximate surface area is 152 Å².